The van der Waals surface area contributed by atoms with Crippen molar-refractivity contribution in [2.75, 3.05) is 11.0 Å². The molecule has 0 bridgehead atoms. The number of fused-ring (bicyclic) bond motifs is 3. The van der Waals surface area contributed by atoms with Crippen LogP contribution in [0.15, 0.2) is 84.9 Å². The van der Waals surface area contributed by atoms with Crippen LogP contribution >= 0.6 is 0 Å². The molecule has 34 heavy (non-hydrogen) atoms. The first kappa shape index (κ1) is 22.0. The number of hydrogen-bond donors (Lipinski definition) is 1. The molecule has 0 aliphatic heterocycles. The molecule has 0 spiro atoms. The van der Waals surface area contributed by atoms with Crippen LogP contribution in [0.3, 0.4) is 0 Å². The maximum Gasteiger partial charge on any atom is 0.435 e. The second-order valence-electron chi connectivity index (χ2n) is 7.97. The molecule has 0 fully saturated rings. The first-order valence-corrected chi connectivity index (χ1v) is 12.1. The Labute approximate surface area is 193 Å². The number of nitrogens with zero attached hydrogens (tertiary/aromatic N) is 2. The van der Waals surface area contributed by atoms with Crippen LogP contribution in [0.2, 0.25) is 0 Å². The number of halogens is 3. The molecule has 0 radical (unpaired) electrons. The highest BCUT2D eigenvalue weighted by molar-refractivity contribution is 7.92. The Balaban J connectivity index is 1.64. The molecule has 5 nitrogen and oxygen atoms in total. The number of anilines is 1. The van der Waals surface area contributed by atoms with E-state index in [4.69, 9.17) is 0 Å². The van der Waals surface area contributed by atoms with Crippen molar-refractivity contribution in [1.29, 1.82) is 0 Å². The van der Waals surface area contributed by atoms with Crippen molar-refractivity contribution < 1.29 is 21.6 Å². The maximum absolute atomic E-state index is 13.5. The molecular formula is C25H18F3N3O2S. The molecule has 1 N–H and O–H groups in total. The summed E-state index contributed by atoms with van der Waals surface area (Å²) in [4.78, 5) is 0. The molecule has 0 amide bonds. The van der Waals surface area contributed by atoms with Crippen molar-refractivity contribution in [3.05, 3.63) is 90.6 Å². The Morgan fingerprint density at radius 3 is 2.21 bits per heavy atom. The summed E-state index contributed by atoms with van der Waals surface area (Å²) in [5.74, 6) is 0. The van der Waals surface area contributed by atoms with Gasteiger partial charge >= 0.3 is 6.18 Å². The third-order valence-corrected chi connectivity index (χ3v) is 6.06. The average molecular weight is 481 g/mol. The van der Waals surface area contributed by atoms with E-state index in [1.54, 1.807) is 6.07 Å². The highest BCUT2D eigenvalue weighted by Gasteiger charge is 2.35. The summed E-state index contributed by atoms with van der Waals surface area (Å²) >= 11 is 0. The zero-order valence-corrected chi connectivity index (χ0v) is 18.7. The molecule has 0 aliphatic carbocycles. The summed E-state index contributed by atoms with van der Waals surface area (Å²) in [6.07, 6.45) is -3.60. The number of benzene rings is 4. The number of aromatic nitrogens is 2. The van der Waals surface area contributed by atoms with Gasteiger partial charge in [-0.1, -0.05) is 48.5 Å². The fourth-order valence-corrected chi connectivity index (χ4v) is 4.54. The lowest BCUT2D eigenvalue weighted by atomic mass is 9.99. The zero-order valence-electron chi connectivity index (χ0n) is 17.8. The summed E-state index contributed by atoms with van der Waals surface area (Å²) in [6, 6.07) is 24.4. The van der Waals surface area contributed by atoms with Crippen molar-refractivity contribution in [1.82, 2.24) is 9.78 Å². The van der Waals surface area contributed by atoms with E-state index in [2.05, 4.69) is 9.82 Å². The van der Waals surface area contributed by atoms with Crippen molar-refractivity contribution in [3.8, 4) is 16.9 Å². The van der Waals surface area contributed by atoms with E-state index >= 15 is 0 Å². The molecule has 172 valence electrons. The van der Waals surface area contributed by atoms with Crippen LogP contribution in [-0.2, 0) is 16.2 Å². The molecule has 0 saturated carbocycles. The minimum Gasteiger partial charge on any atom is -0.284 e. The maximum atomic E-state index is 13.5. The average Bonchev–Trinajstić information content (AvgIpc) is 3.24. The number of nitrogens with one attached hydrogen (secondary N) is 1. The third kappa shape index (κ3) is 4.22. The monoisotopic (exact) mass is 481 g/mol. The van der Waals surface area contributed by atoms with Gasteiger partial charge in [0, 0.05) is 11.3 Å². The van der Waals surface area contributed by atoms with Gasteiger partial charge in [-0.15, -0.1) is 0 Å². The van der Waals surface area contributed by atoms with Crippen LogP contribution in [0.5, 0.6) is 0 Å². The van der Waals surface area contributed by atoms with Crippen LogP contribution in [-0.4, -0.2) is 24.5 Å². The van der Waals surface area contributed by atoms with Gasteiger partial charge in [0.15, 0.2) is 5.69 Å². The second kappa shape index (κ2) is 7.88. The third-order valence-electron chi connectivity index (χ3n) is 5.46. The Kier molecular flexibility index (Phi) is 5.09. The van der Waals surface area contributed by atoms with E-state index in [0.717, 1.165) is 33.9 Å². The molecule has 1 aromatic heterocycles. The lowest BCUT2D eigenvalue weighted by Crippen LogP contribution is -2.10. The highest BCUT2D eigenvalue weighted by Crippen LogP contribution is 2.35. The van der Waals surface area contributed by atoms with Crippen LogP contribution in [0.4, 0.5) is 18.9 Å². The standard InChI is InChI=1S/C25H18F3N3O2S/c1-34(32,33)30-19-9-11-20(12-10-19)31-23(15-24(29-31)25(26,27)28)18-8-13-22-17(14-18)7-6-16-4-2-3-5-21(16)22/h2-15,30H,1H3. The van der Waals surface area contributed by atoms with Gasteiger partial charge in [0.25, 0.3) is 0 Å². The summed E-state index contributed by atoms with van der Waals surface area (Å²) in [6.45, 7) is 0. The lowest BCUT2D eigenvalue weighted by molar-refractivity contribution is -0.141. The van der Waals surface area contributed by atoms with Gasteiger partial charge in [0.05, 0.1) is 17.6 Å². The van der Waals surface area contributed by atoms with Gasteiger partial charge in [-0.2, -0.15) is 18.3 Å². The Morgan fingerprint density at radius 1 is 0.824 bits per heavy atom. The van der Waals surface area contributed by atoms with E-state index in [0.29, 0.717) is 16.9 Å². The van der Waals surface area contributed by atoms with E-state index in [9.17, 15) is 21.6 Å². The molecular weight excluding hydrogens is 463 g/mol. The van der Waals surface area contributed by atoms with E-state index in [1.165, 1.54) is 28.9 Å². The van der Waals surface area contributed by atoms with Crippen LogP contribution in [0.25, 0.3) is 38.5 Å². The van der Waals surface area contributed by atoms with Gasteiger partial charge in [-0.05, 0) is 57.9 Å². The van der Waals surface area contributed by atoms with Crippen molar-refractivity contribution >= 4 is 37.3 Å². The Morgan fingerprint density at radius 2 is 1.50 bits per heavy atom. The van der Waals surface area contributed by atoms with Gasteiger partial charge in [-0.3, -0.25) is 4.72 Å². The molecule has 0 atom stereocenters. The van der Waals surface area contributed by atoms with E-state index < -0.39 is 21.9 Å². The number of rotatable bonds is 4. The molecule has 9 heteroatoms. The predicted octanol–water partition coefficient (Wildman–Crippen LogP) is 6.24. The fraction of sp³-hybridized carbons (Fsp3) is 0.0800. The van der Waals surface area contributed by atoms with Gasteiger partial charge in [-0.25, -0.2) is 13.1 Å². The largest absolute Gasteiger partial charge is 0.435 e. The number of alkyl halides is 3. The van der Waals surface area contributed by atoms with Crippen LogP contribution < -0.4 is 4.72 Å². The topological polar surface area (TPSA) is 64.0 Å². The van der Waals surface area contributed by atoms with Crippen LogP contribution in [0.1, 0.15) is 5.69 Å². The first-order valence-electron chi connectivity index (χ1n) is 10.3. The van der Waals surface area contributed by atoms with Gasteiger partial charge in [0.1, 0.15) is 0 Å². The fourth-order valence-electron chi connectivity index (χ4n) is 3.98. The zero-order chi connectivity index (χ0) is 24.1. The van der Waals surface area contributed by atoms with E-state index in [1.807, 2.05) is 48.5 Å². The summed E-state index contributed by atoms with van der Waals surface area (Å²) in [7, 11) is -3.48. The minimum atomic E-state index is -4.62. The second-order valence-corrected chi connectivity index (χ2v) is 9.72. The number of sulfonamides is 1. The van der Waals surface area contributed by atoms with Crippen molar-refractivity contribution in [2.45, 2.75) is 6.18 Å². The summed E-state index contributed by atoms with van der Waals surface area (Å²) in [5.41, 5.74) is 0.492. The smallest absolute Gasteiger partial charge is 0.284 e. The summed E-state index contributed by atoms with van der Waals surface area (Å²) < 4.78 is 67.1. The predicted molar refractivity (Wildman–Crippen MR) is 127 cm³/mol. The van der Waals surface area contributed by atoms with Gasteiger partial charge in [0.2, 0.25) is 10.0 Å². The molecule has 0 aliphatic rings. The molecule has 1 heterocycles. The van der Waals surface area contributed by atoms with Crippen molar-refractivity contribution in [2.24, 2.45) is 0 Å². The molecule has 0 unspecified atom stereocenters. The molecule has 0 saturated heterocycles. The summed E-state index contributed by atoms with van der Waals surface area (Å²) in [5, 5.41) is 7.85. The molecule has 4 aromatic carbocycles. The van der Waals surface area contributed by atoms with Gasteiger partial charge < -0.3 is 0 Å². The normalized spacial score (nSPS) is 12.4. The molecule has 5 aromatic rings. The minimum absolute atomic E-state index is 0.270. The highest BCUT2D eigenvalue weighted by atomic mass is 32.2. The van der Waals surface area contributed by atoms with Crippen LogP contribution in [0, 0.1) is 0 Å². The SMILES string of the molecule is CS(=O)(=O)Nc1ccc(-n2nc(C(F)(F)F)cc2-c2ccc3c(ccc4ccccc43)c2)cc1. The lowest BCUT2D eigenvalue weighted by Gasteiger charge is -2.11. The quantitative estimate of drug-likeness (QED) is 0.309. The number of hydrogen-bond acceptors (Lipinski definition) is 3. The Bertz CT molecular complexity index is 1640. The van der Waals surface area contributed by atoms with E-state index in [-0.39, 0.29) is 5.69 Å². The first-order chi connectivity index (χ1) is 16.1. The molecule has 5 rings (SSSR count). The van der Waals surface area contributed by atoms with Crippen molar-refractivity contribution in [3.63, 3.8) is 0 Å². The Hall–Kier alpha value is -3.85.